The molecule has 1 rings (SSSR count). The van der Waals surface area contributed by atoms with Crippen LogP contribution in [0.4, 0.5) is 13.6 Å². The van der Waals surface area contributed by atoms with Crippen molar-refractivity contribution in [3.8, 4) is 0 Å². The number of aliphatic hydroxyl groups is 2. The Hall–Kier alpha value is -0.950. The van der Waals surface area contributed by atoms with Gasteiger partial charge in [0.25, 0.3) is 5.92 Å². The number of piperidine rings is 1. The van der Waals surface area contributed by atoms with Crippen molar-refractivity contribution in [1.82, 2.24) is 4.90 Å². The molecule has 1 fully saturated rings. The van der Waals surface area contributed by atoms with Gasteiger partial charge in [-0.25, -0.2) is 13.6 Å². The number of carbonyl (C=O) groups excluding carboxylic acids is 1. The number of nitrogens with zero attached hydrogens (tertiary/aromatic N) is 1. The van der Waals surface area contributed by atoms with Crippen molar-refractivity contribution >= 4 is 6.09 Å². The summed E-state index contributed by atoms with van der Waals surface area (Å²) in [4.78, 5) is 12.1. The number of hydrogen-bond acceptors (Lipinski definition) is 4. The van der Waals surface area contributed by atoms with E-state index < -0.39 is 30.8 Å². The predicted molar refractivity (Wildman–Crippen MR) is 54.8 cm³/mol. The molecule has 1 heterocycles. The summed E-state index contributed by atoms with van der Waals surface area (Å²) in [5.74, 6) is -3.51. The van der Waals surface area contributed by atoms with Gasteiger partial charge in [0, 0.05) is 0 Å². The molecular formula is C10H17F2NO4. The third kappa shape index (κ3) is 3.50. The highest BCUT2D eigenvalue weighted by Crippen LogP contribution is 2.27. The molecule has 0 radical (unpaired) electrons. The minimum atomic E-state index is -3.51. The molecule has 1 aliphatic rings. The number of β-amino-alcohol motifs (C(OH)–C–C–N with tert-alkyl or cyclic N) is 1. The van der Waals surface area contributed by atoms with E-state index >= 15 is 0 Å². The standard InChI is InChI=1S/C10H17F2NO4/c1-2-3-4-17-9(16)13-5-7(14)8(15)10(11,12)6-13/h7-8,14-15H,2-6H2,1H3/t7-,8-/m0/s1. The molecule has 0 aromatic heterocycles. The minimum Gasteiger partial charge on any atom is -0.449 e. The predicted octanol–water partition coefficient (Wildman–Crippen LogP) is 0.596. The highest BCUT2D eigenvalue weighted by molar-refractivity contribution is 5.68. The van der Waals surface area contributed by atoms with Gasteiger partial charge in [-0.3, -0.25) is 4.90 Å². The molecule has 0 saturated carbocycles. The number of alkyl halides is 2. The first-order valence-electron chi connectivity index (χ1n) is 5.54. The Balaban J connectivity index is 2.52. The number of rotatable bonds is 3. The molecule has 1 saturated heterocycles. The molecular weight excluding hydrogens is 236 g/mol. The maximum atomic E-state index is 13.2. The van der Waals surface area contributed by atoms with Crippen molar-refractivity contribution in [2.75, 3.05) is 19.7 Å². The highest BCUT2D eigenvalue weighted by atomic mass is 19.3. The van der Waals surface area contributed by atoms with Crippen LogP contribution in [0.3, 0.4) is 0 Å². The van der Waals surface area contributed by atoms with Crippen molar-refractivity contribution in [3.05, 3.63) is 0 Å². The quantitative estimate of drug-likeness (QED) is 0.722. The van der Waals surface area contributed by atoms with Crippen molar-refractivity contribution in [2.24, 2.45) is 0 Å². The molecule has 0 aromatic carbocycles. The second-order valence-corrected chi connectivity index (χ2v) is 4.12. The molecule has 2 atom stereocenters. The molecule has 1 aliphatic heterocycles. The molecule has 100 valence electrons. The van der Waals surface area contributed by atoms with Crippen LogP contribution >= 0.6 is 0 Å². The van der Waals surface area contributed by atoms with Gasteiger partial charge in [0.2, 0.25) is 0 Å². The summed E-state index contributed by atoms with van der Waals surface area (Å²) in [6, 6.07) is 0. The van der Waals surface area contributed by atoms with Crippen LogP contribution in [-0.2, 0) is 4.74 Å². The highest BCUT2D eigenvalue weighted by Gasteiger charge is 2.50. The van der Waals surface area contributed by atoms with E-state index in [0.717, 1.165) is 6.42 Å². The first-order chi connectivity index (χ1) is 7.88. The van der Waals surface area contributed by atoms with Crippen LogP contribution < -0.4 is 0 Å². The van der Waals surface area contributed by atoms with Crippen LogP contribution in [0.5, 0.6) is 0 Å². The Bertz CT molecular complexity index is 275. The van der Waals surface area contributed by atoms with Crippen LogP contribution in [0.1, 0.15) is 19.8 Å². The van der Waals surface area contributed by atoms with Gasteiger partial charge in [-0.1, -0.05) is 13.3 Å². The van der Waals surface area contributed by atoms with Gasteiger partial charge in [0.05, 0.1) is 19.7 Å². The maximum absolute atomic E-state index is 13.2. The van der Waals surface area contributed by atoms with Crippen LogP contribution in [0.15, 0.2) is 0 Å². The number of halogens is 2. The van der Waals surface area contributed by atoms with Gasteiger partial charge in [-0.2, -0.15) is 0 Å². The molecule has 5 nitrogen and oxygen atoms in total. The molecule has 2 N–H and O–H groups in total. The number of amides is 1. The Kier molecular flexibility index (Phi) is 4.64. The van der Waals surface area contributed by atoms with Crippen molar-refractivity contribution in [3.63, 3.8) is 0 Å². The third-order valence-corrected chi connectivity index (χ3v) is 2.59. The van der Waals surface area contributed by atoms with Crippen molar-refractivity contribution in [2.45, 2.75) is 37.9 Å². The van der Waals surface area contributed by atoms with Gasteiger partial charge in [0.15, 0.2) is 0 Å². The first-order valence-corrected chi connectivity index (χ1v) is 5.54. The van der Waals surface area contributed by atoms with Gasteiger partial charge in [-0.15, -0.1) is 0 Å². The summed E-state index contributed by atoms with van der Waals surface area (Å²) in [7, 11) is 0. The zero-order valence-electron chi connectivity index (χ0n) is 9.60. The molecule has 1 amide bonds. The third-order valence-electron chi connectivity index (χ3n) is 2.59. The first kappa shape index (κ1) is 14.1. The number of aliphatic hydroxyl groups excluding tert-OH is 2. The molecule has 0 aliphatic carbocycles. The Morgan fingerprint density at radius 1 is 1.53 bits per heavy atom. The van der Waals surface area contributed by atoms with Crippen molar-refractivity contribution in [1.29, 1.82) is 0 Å². The van der Waals surface area contributed by atoms with Crippen LogP contribution in [0, 0.1) is 0 Å². The molecule has 0 aromatic rings. The molecule has 0 bridgehead atoms. The average molecular weight is 253 g/mol. The lowest BCUT2D eigenvalue weighted by Crippen LogP contribution is -2.60. The van der Waals surface area contributed by atoms with Crippen LogP contribution in [0.2, 0.25) is 0 Å². The molecule has 17 heavy (non-hydrogen) atoms. The number of unbranched alkanes of at least 4 members (excludes halogenated alkanes) is 1. The summed E-state index contributed by atoms with van der Waals surface area (Å²) in [5.41, 5.74) is 0. The maximum Gasteiger partial charge on any atom is 0.410 e. The van der Waals surface area contributed by atoms with Crippen molar-refractivity contribution < 1.29 is 28.5 Å². The fourth-order valence-electron chi connectivity index (χ4n) is 1.55. The number of hydrogen-bond donors (Lipinski definition) is 2. The summed E-state index contributed by atoms with van der Waals surface area (Å²) in [6.45, 7) is 0.789. The number of carbonyl (C=O) groups is 1. The van der Waals surface area contributed by atoms with Gasteiger partial charge >= 0.3 is 6.09 Å². The Morgan fingerprint density at radius 3 is 2.71 bits per heavy atom. The zero-order valence-corrected chi connectivity index (χ0v) is 9.60. The fourth-order valence-corrected chi connectivity index (χ4v) is 1.55. The molecule has 0 spiro atoms. The van der Waals surface area contributed by atoms with Gasteiger partial charge in [-0.05, 0) is 6.42 Å². The van der Waals surface area contributed by atoms with Gasteiger partial charge < -0.3 is 14.9 Å². The lowest BCUT2D eigenvalue weighted by molar-refractivity contribution is -0.188. The SMILES string of the molecule is CCCCOC(=O)N1C[C@H](O)[C@H](O)C(F)(F)C1. The molecule has 0 unspecified atom stereocenters. The van der Waals surface area contributed by atoms with E-state index in [0.29, 0.717) is 11.3 Å². The van der Waals surface area contributed by atoms with E-state index in [4.69, 9.17) is 9.84 Å². The van der Waals surface area contributed by atoms with E-state index in [1.165, 1.54) is 0 Å². The summed E-state index contributed by atoms with van der Waals surface area (Å²) in [6.07, 6.45) is -3.20. The van der Waals surface area contributed by atoms with Gasteiger partial charge in [0.1, 0.15) is 12.2 Å². The second kappa shape index (κ2) is 5.59. The van der Waals surface area contributed by atoms with E-state index in [-0.39, 0.29) is 13.2 Å². The molecule has 7 heteroatoms. The second-order valence-electron chi connectivity index (χ2n) is 4.12. The monoisotopic (exact) mass is 253 g/mol. The Labute approximate surface area is 98.0 Å². The van der Waals surface area contributed by atoms with E-state index in [2.05, 4.69) is 0 Å². The zero-order chi connectivity index (χ0) is 13.1. The number of likely N-dealkylation sites (tertiary alicyclic amines) is 1. The minimum absolute atomic E-state index is 0.163. The Morgan fingerprint density at radius 2 is 2.18 bits per heavy atom. The van der Waals surface area contributed by atoms with E-state index in [1.807, 2.05) is 6.92 Å². The largest absolute Gasteiger partial charge is 0.449 e. The lowest BCUT2D eigenvalue weighted by atomic mass is 10.0. The van der Waals surface area contributed by atoms with E-state index in [9.17, 15) is 18.7 Å². The topological polar surface area (TPSA) is 70.0 Å². The summed E-state index contributed by atoms with van der Waals surface area (Å²) < 4.78 is 31.1. The lowest BCUT2D eigenvalue weighted by Gasteiger charge is -2.38. The smallest absolute Gasteiger partial charge is 0.410 e. The average Bonchev–Trinajstić information content (AvgIpc) is 2.25. The fraction of sp³-hybridized carbons (Fsp3) is 0.900. The van der Waals surface area contributed by atoms with E-state index in [1.54, 1.807) is 0 Å². The normalized spacial score (nSPS) is 27.9. The summed E-state index contributed by atoms with van der Waals surface area (Å²) >= 11 is 0. The van der Waals surface area contributed by atoms with Crippen LogP contribution in [0.25, 0.3) is 0 Å². The number of ether oxygens (including phenoxy) is 1. The van der Waals surface area contributed by atoms with Crippen LogP contribution in [-0.4, -0.2) is 59.0 Å². The summed E-state index contributed by atoms with van der Waals surface area (Å²) in [5, 5.41) is 18.3.